The molecule has 0 aliphatic rings. The topological polar surface area (TPSA) is 61.4 Å². The minimum absolute atomic E-state index is 0.0324. The third-order valence-corrected chi connectivity index (χ3v) is 3.28. The van der Waals surface area contributed by atoms with Crippen LogP contribution in [0.15, 0.2) is 30.3 Å². The summed E-state index contributed by atoms with van der Waals surface area (Å²) in [5, 5.41) is 5.45. The average Bonchev–Trinajstić information content (AvgIpc) is 2.48. The van der Waals surface area contributed by atoms with Crippen LogP contribution in [0.1, 0.15) is 27.2 Å². The summed E-state index contributed by atoms with van der Waals surface area (Å²) < 4.78 is 0. The number of amides is 2. The summed E-state index contributed by atoms with van der Waals surface area (Å²) in [5.41, 5.74) is 0.685. The smallest absolute Gasteiger partial charge is 0.239 e. The molecular weight excluding hydrogens is 278 g/mol. The predicted molar refractivity (Wildman–Crippen MR) is 89.8 cm³/mol. The van der Waals surface area contributed by atoms with Gasteiger partial charge < -0.3 is 15.5 Å². The van der Waals surface area contributed by atoms with Crippen molar-refractivity contribution in [2.45, 2.75) is 27.2 Å². The number of benzene rings is 1. The second-order valence-corrected chi connectivity index (χ2v) is 6.39. The van der Waals surface area contributed by atoms with Crippen LogP contribution in [0.25, 0.3) is 0 Å². The molecule has 2 amide bonds. The normalized spacial score (nSPS) is 10.9. The summed E-state index contributed by atoms with van der Waals surface area (Å²) in [4.78, 5) is 25.4. The highest BCUT2D eigenvalue weighted by Gasteiger charge is 2.21. The molecule has 0 atom stereocenters. The number of nitrogens with zero attached hydrogens (tertiary/aromatic N) is 1. The lowest BCUT2D eigenvalue weighted by molar-refractivity contribution is -0.131. The van der Waals surface area contributed by atoms with Crippen molar-refractivity contribution in [3.05, 3.63) is 30.3 Å². The van der Waals surface area contributed by atoms with Gasteiger partial charge in [0.15, 0.2) is 0 Å². The Balaban J connectivity index is 2.17. The summed E-state index contributed by atoms with van der Waals surface area (Å²) in [6, 6.07) is 10.1. The van der Waals surface area contributed by atoms with Crippen LogP contribution in [-0.4, -0.2) is 38.5 Å². The molecule has 0 spiro atoms. The average molecular weight is 305 g/mol. The van der Waals surface area contributed by atoms with Crippen LogP contribution in [0.5, 0.6) is 0 Å². The first-order chi connectivity index (χ1) is 10.3. The Kier molecular flexibility index (Phi) is 6.89. The van der Waals surface area contributed by atoms with Crippen molar-refractivity contribution in [1.82, 2.24) is 10.6 Å². The molecule has 5 nitrogen and oxygen atoms in total. The minimum Gasteiger partial charge on any atom is -0.375 e. The molecule has 0 saturated heterocycles. The van der Waals surface area contributed by atoms with Gasteiger partial charge in [-0.2, -0.15) is 0 Å². The van der Waals surface area contributed by atoms with Crippen molar-refractivity contribution in [3.8, 4) is 0 Å². The highest BCUT2D eigenvalue weighted by atomic mass is 16.2. The SMILES string of the molecule is CN(CCCNC(=O)CNC(=O)C(C)(C)C)c1ccccc1. The molecule has 122 valence electrons. The van der Waals surface area contributed by atoms with Crippen LogP contribution in [0.3, 0.4) is 0 Å². The molecule has 0 fully saturated rings. The van der Waals surface area contributed by atoms with Crippen LogP contribution >= 0.6 is 0 Å². The first kappa shape index (κ1) is 18.0. The molecule has 0 unspecified atom stereocenters. The zero-order valence-corrected chi connectivity index (χ0v) is 14.0. The Labute approximate surface area is 133 Å². The van der Waals surface area contributed by atoms with Crippen LogP contribution in [0.4, 0.5) is 5.69 Å². The number of para-hydroxylation sites is 1. The molecule has 0 aliphatic carbocycles. The van der Waals surface area contributed by atoms with E-state index in [1.54, 1.807) is 0 Å². The maximum Gasteiger partial charge on any atom is 0.239 e. The lowest BCUT2D eigenvalue weighted by atomic mass is 9.96. The summed E-state index contributed by atoms with van der Waals surface area (Å²) in [6.45, 7) is 6.95. The Morgan fingerprint density at radius 1 is 1.09 bits per heavy atom. The summed E-state index contributed by atoms with van der Waals surface area (Å²) in [7, 11) is 2.03. The summed E-state index contributed by atoms with van der Waals surface area (Å²) in [5.74, 6) is -0.272. The van der Waals surface area contributed by atoms with Crippen molar-refractivity contribution in [2.75, 3.05) is 31.6 Å². The van der Waals surface area contributed by atoms with E-state index in [1.165, 1.54) is 0 Å². The third kappa shape index (κ3) is 6.61. The van der Waals surface area contributed by atoms with Crippen molar-refractivity contribution in [2.24, 2.45) is 5.41 Å². The number of nitrogens with one attached hydrogen (secondary N) is 2. The summed E-state index contributed by atoms with van der Waals surface area (Å²) >= 11 is 0. The second kappa shape index (κ2) is 8.41. The molecule has 2 N–H and O–H groups in total. The van der Waals surface area contributed by atoms with Gasteiger partial charge in [0.1, 0.15) is 0 Å². The Morgan fingerprint density at radius 3 is 2.32 bits per heavy atom. The quantitative estimate of drug-likeness (QED) is 0.755. The van der Waals surface area contributed by atoms with Crippen molar-refractivity contribution in [1.29, 1.82) is 0 Å². The van der Waals surface area contributed by atoms with Gasteiger partial charge in [-0.25, -0.2) is 0 Å². The summed E-state index contributed by atoms with van der Waals surface area (Å²) in [6.07, 6.45) is 0.852. The van der Waals surface area contributed by atoms with E-state index >= 15 is 0 Å². The predicted octanol–water partition coefficient (Wildman–Crippen LogP) is 1.79. The lowest BCUT2D eigenvalue weighted by Crippen LogP contribution is -2.42. The number of carbonyl (C=O) groups excluding carboxylic acids is 2. The van der Waals surface area contributed by atoms with E-state index in [9.17, 15) is 9.59 Å². The molecule has 1 aromatic rings. The number of carbonyl (C=O) groups is 2. The van der Waals surface area contributed by atoms with Gasteiger partial charge in [-0.3, -0.25) is 9.59 Å². The highest BCUT2D eigenvalue weighted by molar-refractivity contribution is 5.87. The van der Waals surface area contributed by atoms with Crippen LogP contribution in [0, 0.1) is 5.41 Å². The minimum atomic E-state index is -0.474. The lowest BCUT2D eigenvalue weighted by Gasteiger charge is -2.19. The number of anilines is 1. The monoisotopic (exact) mass is 305 g/mol. The van der Waals surface area contributed by atoms with E-state index in [0.29, 0.717) is 6.54 Å². The number of hydrogen-bond acceptors (Lipinski definition) is 3. The van der Waals surface area contributed by atoms with Crippen LogP contribution < -0.4 is 15.5 Å². The molecule has 0 heterocycles. The van der Waals surface area contributed by atoms with E-state index in [2.05, 4.69) is 27.7 Å². The van der Waals surface area contributed by atoms with E-state index in [0.717, 1.165) is 18.7 Å². The molecule has 0 bridgehead atoms. The van der Waals surface area contributed by atoms with Gasteiger partial charge in [0.05, 0.1) is 6.54 Å². The van der Waals surface area contributed by atoms with E-state index in [4.69, 9.17) is 0 Å². The fraction of sp³-hybridized carbons (Fsp3) is 0.529. The Morgan fingerprint density at radius 2 is 1.73 bits per heavy atom. The van der Waals surface area contributed by atoms with Gasteiger partial charge in [-0.1, -0.05) is 39.0 Å². The van der Waals surface area contributed by atoms with Gasteiger partial charge >= 0.3 is 0 Å². The molecule has 22 heavy (non-hydrogen) atoms. The maximum atomic E-state index is 11.6. The van der Waals surface area contributed by atoms with Gasteiger partial charge in [0, 0.05) is 31.2 Å². The third-order valence-electron chi connectivity index (χ3n) is 3.28. The maximum absolute atomic E-state index is 11.6. The van der Waals surface area contributed by atoms with Gasteiger partial charge in [-0.05, 0) is 18.6 Å². The molecule has 5 heteroatoms. The molecule has 0 aliphatic heterocycles. The molecule has 0 radical (unpaired) electrons. The molecule has 0 saturated carbocycles. The fourth-order valence-corrected chi connectivity index (χ4v) is 1.84. The van der Waals surface area contributed by atoms with Crippen molar-refractivity contribution in [3.63, 3.8) is 0 Å². The fourth-order valence-electron chi connectivity index (χ4n) is 1.84. The Hall–Kier alpha value is -2.04. The van der Waals surface area contributed by atoms with Gasteiger partial charge in [0.2, 0.25) is 11.8 Å². The molecule has 0 aromatic heterocycles. The standard InChI is InChI=1S/C17H27N3O2/c1-17(2,3)16(22)19-13-15(21)18-11-8-12-20(4)14-9-6-5-7-10-14/h5-7,9-10H,8,11-13H2,1-4H3,(H,18,21)(H,19,22). The zero-order valence-electron chi connectivity index (χ0n) is 14.0. The van der Waals surface area contributed by atoms with E-state index in [1.807, 2.05) is 46.0 Å². The van der Waals surface area contributed by atoms with Crippen molar-refractivity contribution < 1.29 is 9.59 Å². The zero-order chi connectivity index (χ0) is 16.6. The first-order valence-corrected chi connectivity index (χ1v) is 7.62. The highest BCUT2D eigenvalue weighted by Crippen LogP contribution is 2.12. The molecule has 1 rings (SSSR count). The largest absolute Gasteiger partial charge is 0.375 e. The molecular formula is C17H27N3O2. The Bertz CT molecular complexity index is 480. The van der Waals surface area contributed by atoms with E-state index < -0.39 is 5.41 Å². The van der Waals surface area contributed by atoms with Crippen molar-refractivity contribution >= 4 is 17.5 Å². The van der Waals surface area contributed by atoms with Gasteiger partial charge in [-0.15, -0.1) is 0 Å². The van der Waals surface area contributed by atoms with E-state index in [-0.39, 0.29) is 18.4 Å². The van der Waals surface area contributed by atoms with Crippen LogP contribution in [0.2, 0.25) is 0 Å². The molecule has 1 aromatic carbocycles. The van der Waals surface area contributed by atoms with Gasteiger partial charge in [0.25, 0.3) is 0 Å². The number of hydrogen-bond donors (Lipinski definition) is 2. The van der Waals surface area contributed by atoms with Crippen LogP contribution in [-0.2, 0) is 9.59 Å². The first-order valence-electron chi connectivity index (χ1n) is 7.62. The number of rotatable bonds is 7. The second-order valence-electron chi connectivity index (χ2n) is 6.39.